The molecule has 8 heteroatoms. The molecule has 0 N–H and O–H groups in total. The number of benzene rings is 4. The van der Waals surface area contributed by atoms with E-state index < -0.39 is 20.1 Å². The summed E-state index contributed by atoms with van der Waals surface area (Å²) >= 11 is 0. The van der Waals surface area contributed by atoms with E-state index in [1.807, 2.05) is 52.0 Å². The number of carbonyl (C=O) groups is 2. The van der Waals surface area contributed by atoms with Crippen molar-refractivity contribution in [3.63, 3.8) is 0 Å². The summed E-state index contributed by atoms with van der Waals surface area (Å²) in [5, 5.41) is 0. The highest BCUT2D eigenvalue weighted by molar-refractivity contribution is 7.34. The number of ether oxygens (including phenoxy) is 2. The van der Waals surface area contributed by atoms with E-state index in [0.717, 1.165) is 66.8 Å². The second kappa shape index (κ2) is 13.9. The summed E-state index contributed by atoms with van der Waals surface area (Å²) in [5.74, 6) is 0.369. The molecule has 2 unspecified atom stereocenters. The highest BCUT2D eigenvalue weighted by atomic mass is 31.1. The third kappa shape index (κ3) is 7.69. The first-order valence-electron chi connectivity index (χ1n) is 19.6. The first-order valence-corrected chi connectivity index (χ1v) is 20.8. The van der Waals surface area contributed by atoms with Gasteiger partial charge in [0.05, 0.1) is 0 Å². The van der Waals surface area contributed by atoms with Crippen LogP contribution < -0.4 is 18.5 Å². The molecule has 0 aliphatic carbocycles. The second-order valence-electron chi connectivity index (χ2n) is 20.0. The van der Waals surface area contributed by atoms with Gasteiger partial charge in [-0.25, -0.2) is 4.57 Å². The van der Waals surface area contributed by atoms with Gasteiger partial charge in [-0.3, -0.25) is 9.59 Å². The highest BCUT2D eigenvalue weighted by Crippen LogP contribution is 2.50. The first-order chi connectivity index (χ1) is 25.7. The van der Waals surface area contributed by atoms with Crippen molar-refractivity contribution in [2.75, 3.05) is 0 Å². The number of hydrogen-bond acceptors (Lipinski definition) is 7. The zero-order valence-electron chi connectivity index (χ0n) is 36.1. The predicted octanol–water partition coefficient (Wildman–Crippen LogP) is 12.1. The van der Waals surface area contributed by atoms with Gasteiger partial charge in [-0.1, -0.05) is 132 Å². The van der Waals surface area contributed by atoms with Crippen LogP contribution in [-0.4, -0.2) is 11.9 Å². The Labute approximate surface area is 334 Å². The van der Waals surface area contributed by atoms with Gasteiger partial charge in [0.2, 0.25) is 0 Å². The summed E-state index contributed by atoms with van der Waals surface area (Å²) in [6.07, 6.45) is 0. The summed E-state index contributed by atoms with van der Waals surface area (Å²) in [7, 11) is -3.08. The van der Waals surface area contributed by atoms with Crippen molar-refractivity contribution in [3.8, 4) is 23.0 Å². The molecular formula is C48H59O7P. The van der Waals surface area contributed by atoms with Gasteiger partial charge in [0, 0.05) is 22.3 Å². The molecule has 2 heterocycles. The second-order valence-corrected chi connectivity index (χ2v) is 20.9. The van der Waals surface area contributed by atoms with Crippen molar-refractivity contribution in [3.05, 3.63) is 115 Å². The lowest BCUT2D eigenvalue weighted by Crippen LogP contribution is -2.17. The third-order valence-corrected chi connectivity index (χ3v) is 11.8. The van der Waals surface area contributed by atoms with Gasteiger partial charge in [0.1, 0.15) is 34.8 Å². The number of esters is 2. The quantitative estimate of drug-likeness (QED) is 0.109. The van der Waals surface area contributed by atoms with Crippen LogP contribution in [-0.2, 0) is 35.8 Å². The fourth-order valence-electron chi connectivity index (χ4n) is 7.95. The SMILES string of the molecule is Cc1cc(C2C(=O)Oc3c2cc(C(C)(C)C)cc3C(C)(C)C)cc(C)c1O[PH](=O)Oc1c(C)cc(C2C(=O)Oc3c2cc(C(C)(C)C)cc3C(C)(C)C)cc1C. The largest absolute Gasteiger partial charge is 0.425 e. The van der Waals surface area contributed by atoms with Crippen LogP contribution in [0.5, 0.6) is 23.0 Å². The molecule has 2 aliphatic rings. The molecule has 0 bridgehead atoms. The lowest BCUT2D eigenvalue weighted by atomic mass is 9.77. The Bertz CT molecular complexity index is 2100. The topological polar surface area (TPSA) is 88.1 Å². The first kappa shape index (κ1) is 41.3. The number of rotatable bonds is 6. The molecule has 0 fully saturated rings. The molecule has 7 nitrogen and oxygen atoms in total. The Morgan fingerprint density at radius 2 is 0.786 bits per heavy atom. The molecule has 2 aliphatic heterocycles. The van der Waals surface area contributed by atoms with Crippen molar-refractivity contribution < 1.29 is 32.7 Å². The Morgan fingerprint density at radius 1 is 0.482 bits per heavy atom. The normalized spacial score (nSPS) is 17.6. The molecule has 0 radical (unpaired) electrons. The van der Waals surface area contributed by atoms with Crippen LogP contribution >= 0.6 is 8.25 Å². The van der Waals surface area contributed by atoms with Crippen molar-refractivity contribution in [1.82, 2.24) is 0 Å². The minimum Gasteiger partial charge on any atom is -0.425 e. The van der Waals surface area contributed by atoms with E-state index in [9.17, 15) is 14.2 Å². The van der Waals surface area contributed by atoms with E-state index in [2.05, 4.69) is 107 Å². The molecule has 0 aromatic heterocycles. The predicted molar refractivity (Wildman–Crippen MR) is 225 cm³/mol. The Hall–Kier alpha value is -4.35. The fraction of sp³-hybridized carbons (Fsp3) is 0.458. The lowest BCUT2D eigenvalue weighted by molar-refractivity contribution is -0.134. The molecule has 0 spiro atoms. The molecule has 4 aromatic carbocycles. The molecule has 0 amide bonds. The molecule has 2 atom stereocenters. The van der Waals surface area contributed by atoms with Gasteiger partial charge in [-0.05, 0) is 93.9 Å². The van der Waals surface area contributed by atoms with Crippen LogP contribution in [0, 0.1) is 27.7 Å². The van der Waals surface area contributed by atoms with E-state index in [1.165, 1.54) is 0 Å². The van der Waals surface area contributed by atoms with Crippen molar-refractivity contribution in [2.45, 2.75) is 144 Å². The average molecular weight is 779 g/mol. The molecule has 298 valence electrons. The minimum absolute atomic E-state index is 0.127. The van der Waals surface area contributed by atoms with E-state index >= 15 is 0 Å². The lowest BCUT2D eigenvalue weighted by Gasteiger charge is -2.27. The van der Waals surface area contributed by atoms with Gasteiger partial charge < -0.3 is 18.5 Å². The van der Waals surface area contributed by atoms with Crippen molar-refractivity contribution in [2.24, 2.45) is 0 Å². The van der Waals surface area contributed by atoms with Crippen molar-refractivity contribution in [1.29, 1.82) is 0 Å². The third-order valence-electron chi connectivity index (χ3n) is 11.1. The maximum absolute atomic E-state index is 13.6. The van der Waals surface area contributed by atoms with Gasteiger partial charge in [-0.2, -0.15) is 0 Å². The molecule has 4 aromatic rings. The number of aryl methyl sites for hydroxylation is 4. The summed E-state index contributed by atoms with van der Waals surface area (Å²) in [6, 6.07) is 16.2. The van der Waals surface area contributed by atoms with Gasteiger partial charge in [-0.15, -0.1) is 0 Å². The maximum atomic E-state index is 13.6. The molecular weight excluding hydrogens is 719 g/mol. The number of carbonyl (C=O) groups excluding carboxylic acids is 2. The number of fused-ring (bicyclic) bond motifs is 2. The zero-order chi connectivity index (χ0) is 41.6. The minimum atomic E-state index is -3.08. The molecule has 56 heavy (non-hydrogen) atoms. The standard InChI is InChI=1S/C48H59O7P/c1-25-17-29(37-33-21-31(45(5,6)7)23-35(47(11,12)13)41(33)52-43(37)49)18-26(2)39(25)54-56(51)55-40-27(3)19-30(20-28(40)4)38-34-22-32(46(8,9)10)24-36(48(14,15)16)42(34)53-44(38)50/h17-24,37-38,56H,1-16H3. The summed E-state index contributed by atoms with van der Waals surface area (Å²) in [4.78, 5) is 27.2. The zero-order valence-corrected chi connectivity index (χ0v) is 37.1. The Kier molecular flexibility index (Phi) is 10.3. The van der Waals surface area contributed by atoms with Gasteiger partial charge >= 0.3 is 20.2 Å². The summed E-state index contributed by atoms with van der Waals surface area (Å²) in [5.41, 5.74) is 9.85. The summed E-state index contributed by atoms with van der Waals surface area (Å²) < 4.78 is 37.7. The fourth-order valence-corrected chi connectivity index (χ4v) is 8.97. The van der Waals surface area contributed by atoms with Crippen LogP contribution in [0.25, 0.3) is 0 Å². The van der Waals surface area contributed by atoms with Crippen molar-refractivity contribution >= 4 is 20.2 Å². The Morgan fingerprint density at radius 3 is 1.05 bits per heavy atom. The Balaban J connectivity index is 1.28. The van der Waals surface area contributed by atoms with Crippen LogP contribution in [0.4, 0.5) is 0 Å². The van der Waals surface area contributed by atoms with Crippen LogP contribution in [0.3, 0.4) is 0 Å². The van der Waals surface area contributed by atoms with E-state index in [-0.39, 0.29) is 33.6 Å². The molecule has 0 saturated carbocycles. The van der Waals surface area contributed by atoms with E-state index in [4.69, 9.17) is 18.5 Å². The molecule has 0 saturated heterocycles. The van der Waals surface area contributed by atoms with E-state index in [1.54, 1.807) is 0 Å². The van der Waals surface area contributed by atoms with Crippen LogP contribution in [0.15, 0.2) is 48.5 Å². The van der Waals surface area contributed by atoms with Crippen LogP contribution in [0.1, 0.15) is 162 Å². The van der Waals surface area contributed by atoms with Gasteiger partial charge in [0.25, 0.3) is 0 Å². The highest BCUT2D eigenvalue weighted by Gasteiger charge is 2.41. The number of hydrogen-bond donors (Lipinski definition) is 0. The average Bonchev–Trinajstić information content (AvgIpc) is 3.56. The van der Waals surface area contributed by atoms with Crippen LogP contribution in [0.2, 0.25) is 0 Å². The smallest absolute Gasteiger partial charge is 0.419 e. The van der Waals surface area contributed by atoms with Gasteiger partial charge in [0.15, 0.2) is 0 Å². The monoisotopic (exact) mass is 778 g/mol. The molecule has 6 rings (SSSR count). The summed E-state index contributed by atoms with van der Waals surface area (Å²) in [6.45, 7) is 33.4. The maximum Gasteiger partial charge on any atom is 0.419 e. The van der Waals surface area contributed by atoms with E-state index in [0.29, 0.717) is 23.0 Å².